The molecule has 0 saturated heterocycles. The summed E-state index contributed by atoms with van der Waals surface area (Å²) in [5, 5.41) is 0. The Morgan fingerprint density at radius 3 is 2.32 bits per heavy atom. The number of carbonyl (C=O) groups excluding carboxylic acids is 2. The van der Waals surface area contributed by atoms with E-state index in [-0.39, 0.29) is 12.5 Å². The van der Waals surface area contributed by atoms with Gasteiger partial charge >= 0.3 is 5.97 Å². The average molecular weight is 341 g/mol. The van der Waals surface area contributed by atoms with Crippen molar-refractivity contribution in [2.75, 3.05) is 26.8 Å². The number of likely N-dealkylation sites (N-methyl/N-ethyl adjacent to an activating group) is 1. The number of benzene rings is 2. The molecule has 0 aliphatic carbocycles. The van der Waals surface area contributed by atoms with E-state index in [0.29, 0.717) is 24.5 Å². The molecule has 2 rings (SSSR count). The summed E-state index contributed by atoms with van der Waals surface area (Å²) in [5.74, 6) is 0.0589. The van der Waals surface area contributed by atoms with Gasteiger partial charge in [-0.3, -0.25) is 9.59 Å². The van der Waals surface area contributed by atoms with Crippen molar-refractivity contribution < 1.29 is 19.1 Å². The van der Waals surface area contributed by atoms with Gasteiger partial charge < -0.3 is 14.4 Å². The Hall–Kier alpha value is -2.82. The maximum absolute atomic E-state index is 12.3. The van der Waals surface area contributed by atoms with E-state index in [9.17, 15) is 9.59 Å². The molecule has 0 radical (unpaired) electrons. The molecule has 5 heteroatoms. The maximum Gasteiger partial charge on any atom is 0.325 e. The highest BCUT2D eigenvalue weighted by Gasteiger charge is 2.15. The van der Waals surface area contributed by atoms with Gasteiger partial charge in [-0.1, -0.05) is 30.3 Å². The Bertz CT molecular complexity index is 683. The van der Waals surface area contributed by atoms with E-state index in [2.05, 4.69) is 12.1 Å². The van der Waals surface area contributed by atoms with Crippen LogP contribution in [0, 0.1) is 0 Å². The van der Waals surface area contributed by atoms with Crippen LogP contribution in [0.15, 0.2) is 54.6 Å². The lowest BCUT2D eigenvalue weighted by atomic mass is 10.1. The van der Waals surface area contributed by atoms with Crippen LogP contribution in [0.2, 0.25) is 0 Å². The number of hydrogen-bond acceptors (Lipinski definition) is 4. The second-order valence-corrected chi connectivity index (χ2v) is 5.57. The predicted molar refractivity (Wildman–Crippen MR) is 95.7 cm³/mol. The monoisotopic (exact) mass is 341 g/mol. The molecule has 0 heterocycles. The van der Waals surface area contributed by atoms with Crippen LogP contribution in [0.4, 0.5) is 0 Å². The van der Waals surface area contributed by atoms with Crippen LogP contribution in [0.1, 0.15) is 22.8 Å². The molecular weight excluding hydrogens is 318 g/mol. The van der Waals surface area contributed by atoms with Gasteiger partial charge in [0, 0.05) is 19.0 Å². The molecule has 132 valence electrons. The molecule has 2 aromatic rings. The zero-order chi connectivity index (χ0) is 18.1. The third-order valence-electron chi connectivity index (χ3n) is 3.62. The fourth-order valence-electron chi connectivity index (χ4n) is 2.32. The van der Waals surface area contributed by atoms with Gasteiger partial charge in [0.15, 0.2) is 0 Å². The Labute approximate surface area is 148 Å². The molecule has 0 spiro atoms. The van der Waals surface area contributed by atoms with Gasteiger partial charge in [-0.15, -0.1) is 0 Å². The summed E-state index contributed by atoms with van der Waals surface area (Å²) in [6.07, 6.45) is 0.823. The van der Waals surface area contributed by atoms with Gasteiger partial charge in [-0.25, -0.2) is 0 Å². The largest absolute Gasteiger partial charge is 0.493 e. The van der Waals surface area contributed by atoms with E-state index in [0.717, 1.165) is 6.42 Å². The first-order chi connectivity index (χ1) is 12.1. The molecule has 0 aliphatic rings. The van der Waals surface area contributed by atoms with Gasteiger partial charge in [0.1, 0.15) is 12.3 Å². The van der Waals surface area contributed by atoms with Crippen molar-refractivity contribution in [2.24, 2.45) is 0 Å². The zero-order valence-corrected chi connectivity index (χ0v) is 14.6. The molecule has 5 nitrogen and oxygen atoms in total. The second-order valence-electron chi connectivity index (χ2n) is 5.57. The van der Waals surface area contributed by atoms with Crippen molar-refractivity contribution in [3.8, 4) is 5.75 Å². The summed E-state index contributed by atoms with van der Waals surface area (Å²) < 4.78 is 10.5. The molecule has 0 atom stereocenters. The van der Waals surface area contributed by atoms with Crippen LogP contribution >= 0.6 is 0 Å². The van der Waals surface area contributed by atoms with E-state index < -0.39 is 5.97 Å². The lowest BCUT2D eigenvalue weighted by molar-refractivity contribution is -0.143. The van der Waals surface area contributed by atoms with Crippen LogP contribution in [0.5, 0.6) is 5.75 Å². The molecule has 0 N–H and O–H groups in total. The maximum atomic E-state index is 12.3. The summed E-state index contributed by atoms with van der Waals surface area (Å²) in [4.78, 5) is 25.1. The van der Waals surface area contributed by atoms with Gasteiger partial charge in [-0.05, 0) is 36.8 Å². The van der Waals surface area contributed by atoms with Crippen molar-refractivity contribution in [2.45, 2.75) is 13.3 Å². The summed E-state index contributed by atoms with van der Waals surface area (Å²) in [6, 6.07) is 17.0. The Morgan fingerprint density at radius 2 is 1.68 bits per heavy atom. The fraction of sp³-hybridized carbons (Fsp3) is 0.300. The Morgan fingerprint density at radius 1 is 1.00 bits per heavy atom. The van der Waals surface area contributed by atoms with E-state index in [1.807, 2.05) is 18.2 Å². The van der Waals surface area contributed by atoms with Gasteiger partial charge in [-0.2, -0.15) is 0 Å². The third kappa shape index (κ3) is 5.95. The number of hydrogen-bond donors (Lipinski definition) is 0. The second kappa shape index (κ2) is 9.47. The highest BCUT2D eigenvalue weighted by atomic mass is 16.5. The first-order valence-corrected chi connectivity index (χ1v) is 8.28. The lowest BCUT2D eigenvalue weighted by Gasteiger charge is -2.16. The lowest BCUT2D eigenvalue weighted by Crippen LogP contribution is -2.33. The summed E-state index contributed by atoms with van der Waals surface area (Å²) in [5.41, 5.74) is 1.72. The fourth-order valence-corrected chi connectivity index (χ4v) is 2.32. The third-order valence-corrected chi connectivity index (χ3v) is 3.62. The molecule has 1 amide bonds. The number of carbonyl (C=O) groups is 2. The van der Waals surface area contributed by atoms with Crippen LogP contribution in [0.25, 0.3) is 0 Å². The molecular formula is C20H23NO4. The Kier molecular flexibility index (Phi) is 7.01. The number of esters is 1. The van der Waals surface area contributed by atoms with Gasteiger partial charge in [0.2, 0.25) is 0 Å². The molecule has 0 unspecified atom stereocenters. The van der Waals surface area contributed by atoms with E-state index in [4.69, 9.17) is 9.47 Å². The van der Waals surface area contributed by atoms with Crippen molar-refractivity contribution in [3.63, 3.8) is 0 Å². The predicted octanol–water partition coefficient (Wildman–Crippen LogP) is 2.94. The average Bonchev–Trinajstić information content (AvgIpc) is 2.63. The summed E-state index contributed by atoms with van der Waals surface area (Å²) in [7, 11) is 1.57. The molecule has 25 heavy (non-hydrogen) atoms. The molecule has 0 fully saturated rings. The highest BCUT2D eigenvalue weighted by molar-refractivity contribution is 5.95. The van der Waals surface area contributed by atoms with Crippen molar-refractivity contribution in [1.29, 1.82) is 0 Å². The number of nitrogens with zero attached hydrogens (tertiary/aromatic N) is 1. The van der Waals surface area contributed by atoms with Crippen LogP contribution in [-0.2, 0) is 16.0 Å². The van der Waals surface area contributed by atoms with Crippen LogP contribution in [-0.4, -0.2) is 43.6 Å². The Balaban J connectivity index is 1.84. The van der Waals surface area contributed by atoms with E-state index in [1.165, 1.54) is 10.5 Å². The SMILES string of the molecule is CCOC(=O)CN(C)C(=O)c1ccc(OCCc2ccccc2)cc1. The van der Waals surface area contributed by atoms with Gasteiger partial charge in [0.05, 0.1) is 13.2 Å². The summed E-state index contributed by atoms with van der Waals surface area (Å²) >= 11 is 0. The topological polar surface area (TPSA) is 55.8 Å². The summed E-state index contributed by atoms with van der Waals surface area (Å²) in [6.45, 7) is 2.54. The standard InChI is InChI=1S/C20H23NO4/c1-3-24-19(22)15-21(2)20(23)17-9-11-18(12-10-17)25-14-13-16-7-5-4-6-8-16/h4-12H,3,13-15H2,1-2H3. The minimum Gasteiger partial charge on any atom is -0.493 e. The highest BCUT2D eigenvalue weighted by Crippen LogP contribution is 2.14. The van der Waals surface area contributed by atoms with E-state index >= 15 is 0 Å². The molecule has 0 aliphatic heterocycles. The van der Waals surface area contributed by atoms with Crippen molar-refractivity contribution in [1.82, 2.24) is 4.90 Å². The minimum atomic E-state index is -0.417. The quantitative estimate of drug-likeness (QED) is 0.693. The molecule has 0 bridgehead atoms. The number of ether oxygens (including phenoxy) is 2. The first kappa shape index (κ1) is 18.5. The van der Waals surface area contributed by atoms with Crippen molar-refractivity contribution in [3.05, 3.63) is 65.7 Å². The van der Waals surface area contributed by atoms with Gasteiger partial charge in [0.25, 0.3) is 5.91 Å². The normalized spacial score (nSPS) is 10.2. The smallest absolute Gasteiger partial charge is 0.325 e. The van der Waals surface area contributed by atoms with Crippen molar-refractivity contribution >= 4 is 11.9 Å². The zero-order valence-electron chi connectivity index (χ0n) is 14.6. The molecule has 0 saturated carbocycles. The minimum absolute atomic E-state index is 0.0675. The van der Waals surface area contributed by atoms with E-state index in [1.54, 1.807) is 38.2 Å². The number of rotatable bonds is 8. The molecule has 0 aromatic heterocycles. The first-order valence-electron chi connectivity index (χ1n) is 8.28. The number of amides is 1. The van der Waals surface area contributed by atoms with Crippen LogP contribution in [0.3, 0.4) is 0 Å². The molecule has 2 aromatic carbocycles. The van der Waals surface area contributed by atoms with Crippen LogP contribution < -0.4 is 4.74 Å².